The van der Waals surface area contributed by atoms with Crippen molar-refractivity contribution in [2.75, 3.05) is 19.6 Å². The molecule has 2 atom stereocenters. The summed E-state index contributed by atoms with van der Waals surface area (Å²) in [6.07, 6.45) is 2.02. The molecule has 3 aliphatic rings. The lowest BCUT2D eigenvalue weighted by atomic mass is 9.94. The highest BCUT2D eigenvalue weighted by Crippen LogP contribution is 2.32. The number of aromatic nitrogens is 1. The number of piperidine rings is 1. The van der Waals surface area contributed by atoms with Crippen LogP contribution in [0.3, 0.4) is 0 Å². The van der Waals surface area contributed by atoms with Gasteiger partial charge in [0.05, 0.1) is 16.1 Å². The maximum atomic E-state index is 13.4. The molecule has 0 saturated carbocycles. The zero-order valence-electron chi connectivity index (χ0n) is 15.0. The predicted molar refractivity (Wildman–Crippen MR) is 101 cm³/mol. The standard InChI is InChI=1S/C20H22ClN3O2/c1-12-8-17(16-4-3-5-18(21)19(16)22-12)20(26)24-10-14-6-7-15(24)11-23(9-14)13(2)25/h3-5,8,14-15H,6-7,9-11H2,1-2H3/t14-,15+/m0/s1. The molecule has 0 unspecified atom stereocenters. The van der Waals surface area contributed by atoms with Gasteiger partial charge >= 0.3 is 0 Å². The van der Waals surface area contributed by atoms with Gasteiger partial charge in [0.15, 0.2) is 0 Å². The van der Waals surface area contributed by atoms with E-state index in [1.807, 2.05) is 34.9 Å². The SMILES string of the molecule is CC(=O)N1C[C@@H]2CC[C@H](C1)N(C(=O)c1cc(C)nc3c(Cl)cccc13)C2. The minimum Gasteiger partial charge on any atom is -0.341 e. The second kappa shape index (κ2) is 6.54. The van der Waals surface area contributed by atoms with Crippen LogP contribution < -0.4 is 0 Å². The molecule has 2 aromatic rings. The third kappa shape index (κ3) is 2.94. The van der Waals surface area contributed by atoms with Crippen molar-refractivity contribution in [2.24, 2.45) is 5.92 Å². The third-order valence-corrected chi connectivity index (χ3v) is 5.87. The van der Waals surface area contributed by atoms with Crippen LogP contribution in [0.5, 0.6) is 0 Å². The van der Waals surface area contributed by atoms with Gasteiger partial charge in [-0.3, -0.25) is 14.6 Å². The Morgan fingerprint density at radius 3 is 2.77 bits per heavy atom. The van der Waals surface area contributed by atoms with E-state index in [1.54, 1.807) is 13.0 Å². The summed E-state index contributed by atoms with van der Waals surface area (Å²) in [5.74, 6) is 0.454. The summed E-state index contributed by atoms with van der Waals surface area (Å²) in [7, 11) is 0. The Labute approximate surface area is 157 Å². The van der Waals surface area contributed by atoms with Gasteiger partial charge in [-0.15, -0.1) is 0 Å². The van der Waals surface area contributed by atoms with Gasteiger partial charge in [-0.25, -0.2) is 0 Å². The van der Waals surface area contributed by atoms with E-state index in [9.17, 15) is 9.59 Å². The minimum atomic E-state index is 0.0165. The molecule has 5 rings (SSSR count). The van der Waals surface area contributed by atoms with E-state index in [4.69, 9.17) is 11.6 Å². The second-order valence-electron chi connectivity index (χ2n) is 7.43. The largest absolute Gasteiger partial charge is 0.341 e. The summed E-state index contributed by atoms with van der Waals surface area (Å²) >= 11 is 6.30. The zero-order chi connectivity index (χ0) is 18.4. The number of amides is 2. The summed E-state index contributed by atoms with van der Waals surface area (Å²) in [5.41, 5.74) is 2.10. The van der Waals surface area contributed by atoms with Gasteiger partial charge in [0.1, 0.15) is 0 Å². The molecule has 2 amide bonds. The molecule has 6 heteroatoms. The molecule has 136 valence electrons. The van der Waals surface area contributed by atoms with E-state index in [2.05, 4.69) is 4.98 Å². The molecule has 1 aromatic carbocycles. The van der Waals surface area contributed by atoms with E-state index in [0.717, 1.165) is 30.5 Å². The number of hydrogen-bond donors (Lipinski definition) is 0. The molecule has 4 heterocycles. The number of para-hydroxylation sites is 1. The monoisotopic (exact) mass is 371 g/mol. The normalized spacial score (nSPS) is 22.6. The lowest BCUT2D eigenvalue weighted by Crippen LogP contribution is -2.47. The van der Waals surface area contributed by atoms with E-state index in [-0.39, 0.29) is 17.9 Å². The number of carbonyl (C=O) groups excluding carboxylic acids is 2. The summed E-state index contributed by atoms with van der Waals surface area (Å²) in [5, 5.41) is 1.34. The molecule has 26 heavy (non-hydrogen) atoms. The molecule has 0 spiro atoms. The average Bonchev–Trinajstić information content (AvgIpc) is 2.93. The Morgan fingerprint density at radius 2 is 2.00 bits per heavy atom. The summed E-state index contributed by atoms with van der Waals surface area (Å²) < 4.78 is 0. The summed E-state index contributed by atoms with van der Waals surface area (Å²) in [6, 6.07) is 7.47. The first kappa shape index (κ1) is 17.3. The average molecular weight is 372 g/mol. The van der Waals surface area contributed by atoms with E-state index < -0.39 is 0 Å². The molecule has 3 aliphatic heterocycles. The maximum Gasteiger partial charge on any atom is 0.254 e. The van der Waals surface area contributed by atoms with Gasteiger partial charge in [-0.05, 0) is 37.8 Å². The van der Waals surface area contributed by atoms with Gasteiger partial charge in [-0.1, -0.05) is 23.7 Å². The third-order valence-electron chi connectivity index (χ3n) is 5.57. The van der Waals surface area contributed by atoms with Crippen molar-refractivity contribution in [1.82, 2.24) is 14.8 Å². The second-order valence-corrected chi connectivity index (χ2v) is 7.83. The highest BCUT2D eigenvalue weighted by atomic mass is 35.5. The molecule has 1 aromatic heterocycles. The summed E-state index contributed by atoms with van der Waals surface area (Å²) in [4.78, 5) is 33.7. The number of rotatable bonds is 1. The first-order valence-corrected chi connectivity index (χ1v) is 9.44. The number of carbonyl (C=O) groups is 2. The number of pyridine rings is 1. The van der Waals surface area contributed by atoms with Crippen molar-refractivity contribution in [2.45, 2.75) is 32.7 Å². The molecule has 0 aliphatic carbocycles. The number of benzene rings is 1. The molecule has 0 N–H and O–H groups in total. The van der Waals surface area contributed by atoms with Gasteiger partial charge in [-0.2, -0.15) is 0 Å². The van der Waals surface area contributed by atoms with Crippen LogP contribution in [-0.2, 0) is 4.79 Å². The van der Waals surface area contributed by atoms with Crippen LogP contribution in [0.15, 0.2) is 24.3 Å². The Balaban J connectivity index is 1.74. The van der Waals surface area contributed by atoms with E-state index in [0.29, 0.717) is 35.1 Å². The predicted octanol–water partition coefficient (Wildman–Crippen LogP) is 3.28. The van der Waals surface area contributed by atoms with Crippen LogP contribution in [0.25, 0.3) is 10.9 Å². The Bertz CT molecular complexity index is 898. The number of aryl methyl sites for hydroxylation is 1. The molecule has 2 bridgehead atoms. The molecular formula is C20H22ClN3O2. The van der Waals surface area contributed by atoms with E-state index in [1.165, 1.54) is 0 Å². The van der Waals surface area contributed by atoms with Crippen molar-refractivity contribution >= 4 is 34.3 Å². The van der Waals surface area contributed by atoms with Gasteiger partial charge < -0.3 is 9.80 Å². The molecule has 3 saturated heterocycles. The lowest BCUT2D eigenvalue weighted by molar-refractivity contribution is -0.129. The zero-order valence-corrected chi connectivity index (χ0v) is 15.8. The molecule has 5 nitrogen and oxygen atoms in total. The molecule has 3 fully saturated rings. The number of nitrogens with zero attached hydrogens (tertiary/aromatic N) is 3. The topological polar surface area (TPSA) is 53.5 Å². The van der Waals surface area contributed by atoms with Gasteiger partial charge in [0.2, 0.25) is 5.91 Å². The van der Waals surface area contributed by atoms with Crippen LogP contribution in [-0.4, -0.2) is 52.3 Å². The first-order valence-electron chi connectivity index (χ1n) is 9.06. The fourth-order valence-electron chi connectivity index (χ4n) is 4.26. The quantitative estimate of drug-likeness (QED) is 0.773. The van der Waals surface area contributed by atoms with Crippen LogP contribution in [0.1, 0.15) is 35.8 Å². The van der Waals surface area contributed by atoms with Gasteiger partial charge in [0.25, 0.3) is 5.91 Å². The maximum absolute atomic E-state index is 13.4. The Hall–Kier alpha value is -2.14. The molecular weight excluding hydrogens is 350 g/mol. The highest BCUT2D eigenvalue weighted by molar-refractivity contribution is 6.35. The van der Waals surface area contributed by atoms with Crippen molar-refractivity contribution in [3.8, 4) is 0 Å². The van der Waals surface area contributed by atoms with Crippen LogP contribution in [0.2, 0.25) is 5.02 Å². The first-order chi connectivity index (χ1) is 12.4. The lowest BCUT2D eigenvalue weighted by Gasteiger charge is -2.36. The Kier molecular flexibility index (Phi) is 4.35. The fourth-order valence-corrected chi connectivity index (χ4v) is 4.48. The fraction of sp³-hybridized carbons (Fsp3) is 0.450. The van der Waals surface area contributed by atoms with Crippen LogP contribution in [0.4, 0.5) is 0 Å². The number of halogens is 1. The van der Waals surface area contributed by atoms with Crippen molar-refractivity contribution in [3.05, 3.63) is 40.5 Å². The number of fused-ring (bicyclic) bond motifs is 5. The smallest absolute Gasteiger partial charge is 0.254 e. The Morgan fingerprint density at radius 1 is 1.19 bits per heavy atom. The minimum absolute atomic E-state index is 0.0165. The van der Waals surface area contributed by atoms with Gasteiger partial charge in [0, 0.05) is 43.7 Å². The number of hydrogen-bond acceptors (Lipinski definition) is 3. The highest BCUT2D eigenvalue weighted by Gasteiger charge is 2.38. The van der Waals surface area contributed by atoms with E-state index >= 15 is 0 Å². The van der Waals surface area contributed by atoms with Crippen molar-refractivity contribution in [3.63, 3.8) is 0 Å². The van der Waals surface area contributed by atoms with Crippen molar-refractivity contribution in [1.29, 1.82) is 0 Å². The summed E-state index contributed by atoms with van der Waals surface area (Å²) in [6.45, 7) is 5.57. The van der Waals surface area contributed by atoms with Crippen molar-refractivity contribution < 1.29 is 9.59 Å². The van der Waals surface area contributed by atoms with Crippen LogP contribution in [0, 0.1) is 12.8 Å². The van der Waals surface area contributed by atoms with Crippen LogP contribution >= 0.6 is 11.6 Å². The molecule has 0 radical (unpaired) electrons.